The van der Waals surface area contributed by atoms with Gasteiger partial charge in [0.25, 0.3) is 16.0 Å². The highest BCUT2D eigenvalue weighted by atomic mass is 32.2. The summed E-state index contributed by atoms with van der Waals surface area (Å²) in [5.41, 5.74) is 1.35. The van der Waals surface area contributed by atoms with E-state index in [0.717, 1.165) is 18.2 Å². The average Bonchev–Trinajstić information content (AvgIpc) is 2.73. The zero-order valence-electron chi connectivity index (χ0n) is 19.4. The Bertz CT molecular complexity index is 983. The molecule has 0 radical (unpaired) electrons. The van der Waals surface area contributed by atoms with E-state index in [1.54, 1.807) is 24.3 Å². The van der Waals surface area contributed by atoms with Gasteiger partial charge in [-0.25, -0.2) is 13.2 Å². The molecule has 0 aliphatic rings. The quantitative estimate of drug-likeness (QED) is 0.169. The first-order valence-corrected chi connectivity index (χ1v) is 13.9. The van der Waals surface area contributed by atoms with Crippen LogP contribution in [0, 0.1) is 0 Å². The lowest BCUT2D eigenvalue weighted by Crippen LogP contribution is -2.42. The van der Waals surface area contributed by atoms with Crippen LogP contribution in [0.15, 0.2) is 24.3 Å². The number of hydrogen-bond acceptors (Lipinski definition) is 9. The molecule has 13 nitrogen and oxygen atoms in total. The van der Waals surface area contributed by atoms with Crippen LogP contribution < -0.4 is 5.32 Å². The van der Waals surface area contributed by atoms with E-state index in [0.29, 0.717) is 5.56 Å². The van der Waals surface area contributed by atoms with Gasteiger partial charge < -0.3 is 25.0 Å². The number of hydrogen-bond donors (Lipinski definition) is 4. The topological polar surface area (TPSA) is 211 Å². The second kappa shape index (κ2) is 16.1. The normalized spacial score (nSPS) is 12.2. The smallest absolute Gasteiger partial charge is 0.326 e. The first kappa shape index (κ1) is 32.4. The number of aryl methyl sites for hydroxylation is 1. The second-order valence-electron chi connectivity index (χ2n) is 7.15. The van der Waals surface area contributed by atoms with Gasteiger partial charge in [0, 0.05) is 11.8 Å². The zero-order chi connectivity index (χ0) is 27.1. The van der Waals surface area contributed by atoms with Gasteiger partial charge in [-0.15, -0.1) is 0 Å². The standard InChI is InChI=1S/C13H15NO5.C7H16O7S2/c1-2-8-3-5-9(6-4-8)12(17)14-10(13(18)19)7-11(15)16;1-15(8,9)6-4-13-2-3-14-5-7-16(10,11)12/h3-6,10H,2,7H2,1H3,(H,14,17)(H,15,16)(H,18,19);2-7H2,1H3,(H,10,11,12). The Balaban J connectivity index is 0.000000672. The predicted molar refractivity (Wildman–Crippen MR) is 125 cm³/mol. The van der Waals surface area contributed by atoms with Gasteiger partial charge in [0.2, 0.25) is 0 Å². The number of rotatable bonds is 15. The highest BCUT2D eigenvalue weighted by Crippen LogP contribution is 2.06. The molecule has 1 rings (SSSR count). The minimum atomic E-state index is -3.99. The molecule has 0 aliphatic heterocycles. The highest BCUT2D eigenvalue weighted by molar-refractivity contribution is 7.90. The van der Waals surface area contributed by atoms with Crippen molar-refractivity contribution >= 4 is 37.8 Å². The van der Waals surface area contributed by atoms with Crippen LogP contribution in [0.5, 0.6) is 0 Å². The minimum absolute atomic E-state index is 0.0575. The third kappa shape index (κ3) is 18.4. The molecule has 35 heavy (non-hydrogen) atoms. The Kier molecular flexibility index (Phi) is 15.0. The molecule has 0 heterocycles. The Morgan fingerprint density at radius 2 is 1.43 bits per heavy atom. The molecule has 15 heteroatoms. The van der Waals surface area contributed by atoms with Gasteiger partial charge in [-0.05, 0) is 24.1 Å². The summed E-state index contributed by atoms with van der Waals surface area (Å²) in [6.45, 7) is 2.28. The number of aliphatic carboxylic acids is 2. The molecule has 1 unspecified atom stereocenters. The number of amides is 1. The SMILES string of the molecule is CCc1ccc(C(=O)NC(CC(=O)O)C(=O)O)cc1.CS(=O)(=O)CCOCCOCCS(=O)(=O)O. The van der Waals surface area contributed by atoms with Gasteiger partial charge in [-0.1, -0.05) is 19.1 Å². The highest BCUT2D eigenvalue weighted by Gasteiger charge is 2.23. The number of carboxylic acid groups (broad SMARTS) is 2. The number of benzene rings is 1. The van der Waals surface area contributed by atoms with Crippen molar-refractivity contribution in [1.82, 2.24) is 5.32 Å². The third-order valence-electron chi connectivity index (χ3n) is 4.06. The number of carboxylic acids is 2. The maximum Gasteiger partial charge on any atom is 0.326 e. The first-order chi connectivity index (χ1) is 16.1. The molecule has 4 N–H and O–H groups in total. The maximum absolute atomic E-state index is 11.8. The van der Waals surface area contributed by atoms with Gasteiger partial charge in [-0.2, -0.15) is 8.42 Å². The molecular weight excluding hydrogens is 510 g/mol. The van der Waals surface area contributed by atoms with Gasteiger partial charge in [0.05, 0.1) is 44.4 Å². The van der Waals surface area contributed by atoms with E-state index in [-0.39, 0.29) is 32.2 Å². The molecule has 0 saturated carbocycles. The van der Waals surface area contributed by atoms with Crippen molar-refractivity contribution in [2.75, 3.05) is 44.2 Å². The van der Waals surface area contributed by atoms with E-state index in [4.69, 9.17) is 24.2 Å². The molecule has 0 saturated heterocycles. The number of ether oxygens (including phenoxy) is 2. The van der Waals surface area contributed by atoms with Crippen LogP contribution >= 0.6 is 0 Å². The largest absolute Gasteiger partial charge is 0.481 e. The number of nitrogens with one attached hydrogen (secondary N) is 1. The van der Waals surface area contributed by atoms with E-state index in [1.165, 1.54) is 0 Å². The molecule has 0 aliphatic carbocycles. The Morgan fingerprint density at radius 1 is 0.914 bits per heavy atom. The molecule has 0 aromatic heterocycles. The second-order valence-corrected chi connectivity index (χ2v) is 11.0. The van der Waals surface area contributed by atoms with E-state index in [2.05, 4.69) is 5.32 Å². The fourth-order valence-electron chi connectivity index (χ4n) is 2.20. The fourth-order valence-corrected chi connectivity index (χ4v) is 2.95. The van der Waals surface area contributed by atoms with Gasteiger partial charge in [0.1, 0.15) is 15.9 Å². The Hall–Kier alpha value is -2.59. The summed E-state index contributed by atoms with van der Waals surface area (Å²) < 4.78 is 59.9. The monoisotopic (exact) mass is 541 g/mol. The van der Waals surface area contributed by atoms with Crippen molar-refractivity contribution in [2.24, 2.45) is 0 Å². The molecule has 1 aromatic rings. The van der Waals surface area contributed by atoms with Crippen LogP contribution in [0.2, 0.25) is 0 Å². The van der Waals surface area contributed by atoms with Gasteiger partial charge >= 0.3 is 11.9 Å². The Labute approximate surface area is 204 Å². The van der Waals surface area contributed by atoms with Crippen molar-refractivity contribution in [2.45, 2.75) is 25.8 Å². The van der Waals surface area contributed by atoms with Crippen molar-refractivity contribution in [3.05, 3.63) is 35.4 Å². The lowest BCUT2D eigenvalue weighted by molar-refractivity contribution is -0.145. The number of carbonyl (C=O) groups is 3. The summed E-state index contributed by atoms with van der Waals surface area (Å²) in [6, 6.07) is 5.25. The van der Waals surface area contributed by atoms with E-state index in [9.17, 15) is 31.2 Å². The maximum atomic E-state index is 11.8. The van der Waals surface area contributed by atoms with Crippen LogP contribution in [0.4, 0.5) is 0 Å². The van der Waals surface area contributed by atoms with E-state index in [1.807, 2.05) is 6.92 Å². The van der Waals surface area contributed by atoms with Crippen LogP contribution in [0.1, 0.15) is 29.3 Å². The summed E-state index contributed by atoms with van der Waals surface area (Å²) in [6.07, 6.45) is 1.28. The summed E-state index contributed by atoms with van der Waals surface area (Å²) in [5, 5.41) is 19.6. The third-order valence-corrected chi connectivity index (χ3v) is 5.65. The predicted octanol–water partition coefficient (Wildman–Crippen LogP) is -0.141. The molecule has 1 aromatic carbocycles. The van der Waals surface area contributed by atoms with Crippen LogP contribution in [0.25, 0.3) is 0 Å². The molecule has 1 atom stereocenters. The Morgan fingerprint density at radius 3 is 1.83 bits per heavy atom. The molecule has 0 fully saturated rings. The minimum Gasteiger partial charge on any atom is -0.481 e. The molecule has 0 bridgehead atoms. The van der Waals surface area contributed by atoms with Crippen molar-refractivity contribution < 1.29 is 55.5 Å². The van der Waals surface area contributed by atoms with Gasteiger partial charge in [-0.3, -0.25) is 14.1 Å². The molecular formula is C20H31NO12S2. The summed E-state index contributed by atoms with van der Waals surface area (Å²) in [7, 11) is -7.01. The lowest BCUT2D eigenvalue weighted by atomic mass is 10.1. The first-order valence-electron chi connectivity index (χ1n) is 10.3. The molecule has 1 amide bonds. The van der Waals surface area contributed by atoms with E-state index >= 15 is 0 Å². The van der Waals surface area contributed by atoms with Crippen molar-refractivity contribution in [3.8, 4) is 0 Å². The van der Waals surface area contributed by atoms with E-state index < -0.39 is 56.0 Å². The summed E-state index contributed by atoms with van der Waals surface area (Å²) in [4.78, 5) is 33.1. The average molecular weight is 542 g/mol. The van der Waals surface area contributed by atoms with Crippen molar-refractivity contribution in [3.63, 3.8) is 0 Å². The van der Waals surface area contributed by atoms with Crippen LogP contribution in [0.3, 0.4) is 0 Å². The fraction of sp³-hybridized carbons (Fsp3) is 0.550. The number of sulfone groups is 1. The molecule has 0 spiro atoms. The molecule has 200 valence electrons. The van der Waals surface area contributed by atoms with Crippen LogP contribution in [-0.2, 0) is 45.4 Å². The van der Waals surface area contributed by atoms with Gasteiger partial charge in [0.15, 0.2) is 0 Å². The van der Waals surface area contributed by atoms with Crippen LogP contribution in [-0.4, -0.2) is 99.7 Å². The number of carbonyl (C=O) groups excluding carboxylic acids is 1. The van der Waals surface area contributed by atoms with Crippen molar-refractivity contribution in [1.29, 1.82) is 0 Å². The zero-order valence-corrected chi connectivity index (χ0v) is 21.0. The lowest BCUT2D eigenvalue weighted by Gasteiger charge is -2.12. The summed E-state index contributed by atoms with van der Waals surface area (Å²) in [5.74, 6) is -3.78. The summed E-state index contributed by atoms with van der Waals surface area (Å²) >= 11 is 0.